The van der Waals surface area contributed by atoms with Crippen LogP contribution in [-0.4, -0.2) is 0 Å². The van der Waals surface area contributed by atoms with Gasteiger partial charge in [-0.25, -0.2) is 0 Å². The van der Waals surface area contributed by atoms with Gasteiger partial charge in [0.2, 0.25) is 0 Å². The van der Waals surface area contributed by atoms with Crippen molar-refractivity contribution in [1.29, 1.82) is 0 Å². The predicted molar refractivity (Wildman–Crippen MR) is 214 cm³/mol. The van der Waals surface area contributed by atoms with Gasteiger partial charge in [-0.2, -0.15) is 0 Å². The van der Waals surface area contributed by atoms with E-state index in [9.17, 15) is 0 Å². The largest absolute Gasteiger partial charge is 0.456 e. The highest BCUT2D eigenvalue weighted by Crippen LogP contribution is 2.51. The van der Waals surface area contributed by atoms with Gasteiger partial charge in [0, 0.05) is 33.2 Å². The maximum Gasteiger partial charge on any atom is 0.136 e. The molecular weight excluding hydrogens is 619 g/mol. The Bertz CT molecular complexity index is 2770. The highest BCUT2D eigenvalue weighted by atomic mass is 16.3. The van der Waals surface area contributed by atoms with Crippen LogP contribution in [0.5, 0.6) is 0 Å². The minimum absolute atomic E-state index is 0.0447. The van der Waals surface area contributed by atoms with Crippen LogP contribution < -0.4 is 4.90 Å². The summed E-state index contributed by atoms with van der Waals surface area (Å²) in [6.07, 6.45) is 0. The Balaban J connectivity index is 1.12. The first-order chi connectivity index (χ1) is 25.0. The second-order valence-corrected chi connectivity index (χ2v) is 14.1. The lowest BCUT2D eigenvalue weighted by atomic mass is 9.82. The molecule has 0 saturated heterocycles. The van der Waals surface area contributed by atoms with Gasteiger partial charge >= 0.3 is 0 Å². The maximum atomic E-state index is 6.22. The van der Waals surface area contributed by atoms with Crippen LogP contribution in [0.15, 0.2) is 180 Å². The third kappa shape index (κ3) is 4.64. The van der Waals surface area contributed by atoms with Crippen LogP contribution in [0.2, 0.25) is 0 Å². The monoisotopic (exact) mass is 653 g/mol. The molecule has 1 aliphatic rings. The Morgan fingerprint density at radius 2 is 1.06 bits per heavy atom. The fourth-order valence-corrected chi connectivity index (χ4v) is 8.37. The average molecular weight is 654 g/mol. The van der Waals surface area contributed by atoms with Gasteiger partial charge in [0.05, 0.1) is 0 Å². The molecule has 9 aromatic rings. The van der Waals surface area contributed by atoms with Crippen molar-refractivity contribution in [1.82, 2.24) is 0 Å². The molecule has 242 valence electrons. The number of para-hydroxylation sites is 1. The van der Waals surface area contributed by atoms with Crippen molar-refractivity contribution in [2.24, 2.45) is 0 Å². The van der Waals surface area contributed by atoms with E-state index in [1.165, 1.54) is 60.7 Å². The first kappa shape index (κ1) is 29.5. The molecule has 1 aliphatic carbocycles. The fraction of sp³-hybridized carbons (Fsp3) is 0.0612. The molecule has 1 aromatic heterocycles. The van der Waals surface area contributed by atoms with Crippen molar-refractivity contribution in [2.45, 2.75) is 19.3 Å². The molecule has 8 aromatic carbocycles. The second-order valence-electron chi connectivity index (χ2n) is 14.1. The van der Waals surface area contributed by atoms with E-state index in [0.29, 0.717) is 0 Å². The predicted octanol–water partition coefficient (Wildman–Crippen LogP) is 13.8. The summed E-state index contributed by atoms with van der Waals surface area (Å²) >= 11 is 0. The first-order valence-electron chi connectivity index (χ1n) is 17.7. The molecule has 2 nitrogen and oxygen atoms in total. The van der Waals surface area contributed by atoms with Crippen LogP contribution in [0.4, 0.5) is 17.1 Å². The number of benzene rings is 8. The van der Waals surface area contributed by atoms with Crippen molar-refractivity contribution in [2.75, 3.05) is 4.90 Å². The van der Waals surface area contributed by atoms with Crippen LogP contribution in [0.3, 0.4) is 0 Å². The van der Waals surface area contributed by atoms with Gasteiger partial charge in [0.15, 0.2) is 0 Å². The number of fused-ring (bicyclic) bond motifs is 8. The van der Waals surface area contributed by atoms with Crippen LogP contribution in [-0.2, 0) is 5.41 Å². The molecule has 0 saturated carbocycles. The maximum absolute atomic E-state index is 6.22. The van der Waals surface area contributed by atoms with Crippen molar-refractivity contribution < 1.29 is 4.42 Å². The van der Waals surface area contributed by atoms with Crippen LogP contribution >= 0.6 is 0 Å². The number of hydrogen-bond donors (Lipinski definition) is 0. The van der Waals surface area contributed by atoms with E-state index in [2.05, 4.69) is 183 Å². The molecule has 0 spiro atoms. The molecule has 0 bridgehead atoms. The topological polar surface area (TPSA) is 16.4 Å². The zero-order chi connectivity index (χ0) is 34.1. The molecule has 0 fully saturated rings. The average Bonchev–Trinajstić information content (AvgIpc) is 3.68. The summed E-state index contributed by atoms with van der Waals surface area (Å²) in [7, 11) is 0. The highest BCUT2D eigenvalue weighted by Gasteiger charge is 2.35. The molecule has 0 amide bonds. The summed E-state index contributed by atoms with van der Waals surface area (Å²) in [6, 6.07) is 63.7. The molecule has 0 atom stereocenters. The number of rotatable bonds is 5. The van der Waals surface area contributed by atoms with Crippen molar-refractivity contribution in [3.05, 3.63) is 187 Å². The van der Waals surface area contributed by atoms with E-state index < -0.39 is 0 Å². The van der Waals surface area contributed by atoms with Crippen LogP contribution in [0.1, 0.15) is 25.0 Å². The SMILES string of the molecule is CC1(C)c2ccccc2-c2cc(N(c3ccc(-c4cccc5c4ccc4oc6ccccc6c45)cc3)c3cccc(-c4ccccc4)c3)ccc21. The zero-order valence-corrected chi connectivity index (χ0v) is 28.6. The van der Waals surface area contributed by atoms with Gasteiger partial charge in [0.25, 0.3) is 0 Å². The Morgan fingerprint density at radius 3 is 1.94 bits per heavy atom. The lowest BCUT2D eigenvalue weighted by molar-refractivity contribution is 0.660. The highest BCUT2D eigenvalue weighted by molar-refractivity contribution is 6.20. The van der Waals surface area contributed by atoms with E-state index in [4.69, 9.17) is 4.42 Å². The molecule has 0 radical (unpaired) electrons. The molecule has 2 heteroatoms. The third-order valence-electron chi connectivity index (χ3n) is 10.9. The Labute approximate surface area is 297 Å². The summed E-state index contributed by atoms with van der Waals surface area (Å²) in [5.74, 6) is 0. The van der Waals surface area contributed by atoms with E-state index >= 15 is 0 Å². The van der Waals surface area contributed by atoms with Crippen molar-refractivity contribution >= 4 is 49.8 Å². The molecule has 10 rings (SSSR count). The number of nitrogens with zero attached hydrogens (tertiary/aromatic N) is 1. The molecule has 0 N–H and O–H groups in total. The van der Waals surface area contributed by atoms with Gasteiger partial charge < -0.3 is 9.32 Å². The van der Waals surface area contributed by atoms with Gasteiger partial charge in [-0.05, 0) is 104 Å². The van der Waals surface area contributed by atoms with Crippen molar-refractivity contribution in [3.8, 4) is 33.4 Å². The van der Waals surface area contributed by atoms with E-state index in [1.807, 2.05) is 12.1 Å². The smallest absolute Gasteiger partial charge is 0.136 e. The van der Waals surface area contributed by atoms with Crippen molar-refractivity contribution in [3.63, 3.8) is 0 Å². The minimum Gasteiger partial charge on any atom is -0.456 e. The summed E-state index contributed by atoms with van der Waals surface area (Å²) in [6.45, 7) is 4.68. The first-order valence-corrected chi connectivity index (χ1v) is 17.7. The molecular formula is C49H35NO. The Morgan fingerprint density at radius 1 is 0.392 bits per heavy atom. The van der Waals surface area contributed by atoms with Crippen LogP contribution in [0, 0.1) is 0 Å². The normalized spacial score (nSPS) is 13.1. The minimum atomic E-state index is -0.0447. The summed E-state index contributed by atoms with van der Waals surface area (Å²) in [5, 5.41) is 4.75. The lowest BCUT2D eigenvalue weighted by Crippen LogP contribution is -2.15. The lowest BCUT2D eigenvalue weighted by Gasteiger charge is -2.28. The Hall–Kier alpha value is -6.38. The standard InChI is InChI=1S/C49H35NO/c1-49(2)44-20-8-6-16-40(44)43-31-37(26-28-45(43)49)50(36-15-10-14-34(30-36)32-12-4-3-5-13-32)35-24-22-33(23-25-35)38-18-11-19-41-39(38)27-29-47-48(41)42-17-7-9-21-46(42)51-47/h3-31H,1-2H3. The molecule has 0 aliphatic heterocycles. The van der Waals surface area contributed by atoms with E-state index in [1.54, 1.807) is 0 Å². The quantitative estimate of drug-likeness (QED) is 0.184. The second kappa shape index (κ2) is 11.3. The number of anilines is 3. The molecule has 0 unspecified atom stereocenters. The summed E-state index contributed by atoms with van der Waals surface area (Å²) < 4.78 is 6.22. The summed E-state index contributed by atoms with van der Waals surface area (Å²) in [4.78, 5) is 2.40. The Kier molecular flexibility index (Phi) is 6.56. The molecule has 1 heterocycles. The van der Waals surface area contributed by atoms with Gasteiger partial charge in [0.1, 0.15) is 11.2 Å². The van der Waals surface area contributed by atoms with Gasteiger partial charge in [-0.15, -0.1) is 0 Å². The van der Waals surface area contributed by atoms with E-state index in [0.717, 1.165) is 33.6 Å². The summed E-state index contributed by atoms with van der Waals surface area (Å²) in [5.41, 5.74) is 15.3. The fourth-order valence-electron chi connectivity index (χ4n) is 8.37. The number of hydrogen-bond acceptors (Lipinski definition) is 2. The van der Waals surface area contributed by atoms with Crippen LogP contribution in [0.25, 0.3) is 66.1 Å². The van der Waals surface area contributed by atoms with Gasteiger partial charge in [-0.3, -0.25) is 0 Å². The third-order valence-corrected chi connectivity index (χ3v) is 10.9. The molecule has 51 heavy (non-hydrogen) atoms. The number of furan rings is 1. The van der Waals surface area contributed by atoms with E-state index in [-0.39, 0.29) is 5.41 Å². The van der Waals surface area contributed by atoms with Gasteiger partial charge in [-0.1, -0.05) is 141 Å². The zero-order valence-electron chi connectivity index (χ0n) is 28.6.